The summed E-state index contributed by atoms with van der Waals surface area (Å²) in [5, 5.41) is 0. The van der Waals surface area contributed by atoms with Gasteiger partial charge in [-0.15, -0.1) is 0 Å². The number of hydrazine groups is 1. The molecule has 0 aliphatic rings. The Labute approximate surface area is 56.5 Å². The maximum Gasteiger partial charge on any atom is 0.0604 e. The largest absolute Gasteiger partial charge is 0.380 e. The van der Waals surface area contributed by atoms with Crippen molar-refractivity contribution < 1.29 is 4.74 Å². The molecule has 0 aromatic carbocycles. The molecule has 0 spiro atoms. The fourth-order valence-corrected chi connectivity index (χ4v) is 0.450. The average molecular weight is 132 g/mol. The van der Waals surface area contributed by atoms with Gasteiger partial charge >= 0.3 is 0 Å². The van der Waals surface area contributed by atoms with Crippen LogP contribution in [-0.2, 0) is 4.74 Å². The highest BCUT2D eigenvalue weighted by Gasteiger charge is 1.91. The Hall–Kier alpha value is -0.120. The monoisotopic (exact) mass is 132 g/mol. The molecule has 9 heavy (non-hydrogen) atoms. The molecule has 0 aliphatic carbocycles. The summed E-state index contributed by atoms with van der Waals surface area (Å²) in [5.41, 5.74) is 2.52. The summed E-state index contributed by atoms with van der Waals surface area (Å²) in [6, 6.07) is 0. The summed E-state index contributed by atoms with van der Waals surface area (Å²) in [7, 11) is 0. The van der Waals surface area contributed by atoms with Crippen LogP contribution in [0.3, 0.4) is 0 Å². The van der Waals surface area contributed by atoms with Gasteiger partial charge in [0, 0.05) is 13.2 Å². The summed E-state index contributed by atoms with van der Waals surface area (Å²) < 4.78 is 5.19. The van der Waals surface area contributed by atoms with Crippen LogP contribution in [0.15, 0.2) is 0 Å². The van der Waals surface area contributed by atoms with Crippen molar-refractivity contribution in [3.8, 4) is 0 Å². The lowest BCUT2D eigenvalue weighted by atomic mass is 10.2. The Balaban J connectivity index is 2.75. The van der Waals surface area contributed by atoms with Crippen LogP contribution in [0.2, 0.25) is 0 Å². The van der Waals surface area contributed by atoms with Crippen LogP contribution in [0.5, 0.6) is 0 Å². The van der Waals surface area contributed by atoms with Crippen LogP contribution >= 0.6 is 0 Å². The second-order valence-corrected chi connectivity index (χ2v) is 2.42. The van der Waals surface area contributed by atoms with Crippen molar-refractivity contribution in [3.63, 3.8) is 0 Å². The van der Waals surface area contributed by atoms with Gasteiger partial charge in [0.25, 0.3) is 0 Å². The average Bonchev–Trinajstić information content (AvgIpc) is 1.80. The molecule has 0 fully saturated rings. The maximum atomic E-state index is 5.19. The van der Waals surface area contributed by atoms with E-state index in [-0.39, 0.29) is 0 Å². The topological polar surface area (TPSA) is 47.3 Å². The van der Waals surface area contributed by atoms with Gasteiger partial charge in [-0.1, -0.05) is 13.8 Å². The molecule has 3 N–H and O–H groups in total. The molecule has 0 saturated heterocycles. The van der Waals surface area contributed by atoms with Crippen molar-refractivity contribution in [2.45, 2.75) is 13.8 Å². The summed E-state index contributed by atoms with van der Waals surface area (Å²) in [4.78, 5) is 0. The lowest BCUT2D eigenvalue weighted by Crippen LogP contribution is -2.26. The highest BCUT2D eigenvalue weighted by molar-refractivity contribution is 4.40. The van der Waals surface area contributed by atoms with E-state index in [1.165, 1.54) is 0 Å². The molecule has 0 aromatic rings. The number of hydrogen-bond donors (Lipinski definition) is 2. The maximum absolute atomic E-state index is 5.19. The van der Waals surface area contributed by atoms with Gasteiger partial charge in [-0.2, -0.15) is 0 Å². The van der Waals surface area contributed by atoms with Gasteiger partial charge in [-0.3, -0.25) is 11.3 Å². The Morgan fingerprint density at radius 2 is 2.22 bits per heavy atom. The molecule has 3 nitrogen and oxygen atoms in total. The number of ether oxygens (including phenoxy) is 1. The van der Waals surface area contributed by atoms with Gasteiger partial charge in [0.1, 0.15) is 0 Å². The summed E-state index contributed by atoms with van der Waals surface area (Å²) in [5.74, 6) is 5.63. The van der Waals surface area contributed by atoms with Gasteiger partial charge in [-0.25, -0.2) is 0 Å². The smallest absolute Gasteiger partial charge is 0.0604 e. The Morgan fingerprint density at radius 1 is 1.56 bits per heavy atom. The number of hydrogen-bond acceptors (Lipinski definition) is 3. The van der Waals surface area contributed by atoms with Crippen molar-refractivity contribution in [3.05, 3.63) is 0 Å². The first-order chi connectivity index (χ1) is 4.27. The summed E-state index contributed by atoms with van der Waals surface area (Å²) >= 11 is 0. The second kappa shape index (κ2) is 6.01. The molecule has 0 saturated carbocycles. The van der Waals surface area contributed by atoms with E-state index >= 15 is 0 Å². The lowest BCUT2D eigenvalue weighted by molar-refractivity contribution is 0.112. The van der Waals surface area contributed by atoms with Crippen LogP contribution in [0.25, 0.3) is 0 Å². The fraction of sp³-hybridized carbons (Fsp3) is 1.00. The van der Waals surface area contributed by atoms with Crippen LogP contribution in [0.1, 0.15) is 13.8 Å². The third kappa shape index (κ3) is 7.88. The van der Waals surface area contributed by atoms with Crippen molar-refractivity contribution in [2.24, 2.45) is 11.8 Å². The number of nitrogens with two attached hydrogens (primary N) is 1. The minimum absolute atomic E-state index is 0.614. The van der Waals surface area contributed by atoms with Crippen molar-refractivity contribution in [1.29, 1.82) is 0 Å². The first-order valence-corrected chi connectivity index (χ1v) is 3.28. The van der Waals surface area contributed by atoms with E-state index in [2.05, 4.69) is 19.3 Å². The highest BCUT2D eigenvalue weighted by atomic mass is 16.5. The third-order valence-corrected chi connectivity index (χ3v) is 0.842. The van der Waals surface area contributed by atoms with Gasteiger partial charge in [0.2, 0.25) is 0 Å². The highest BCUT2D eigenvalue weighted by Crippen LogP contribution is 1.90. The van der Waals surface area contributed by atoms with Gasteiger partial charge < -0.3 is 4.74 Å². The number of nitrogens with one attached hydrogen (secondary N) is 1. The van der Waals surface area contributed by atoms with Crippen LogP contribution in [0, 0.1) is 5.92 Å². The zero-order chi connectivity index (χ0) is 7.11. The first-order valence-electron chi connectivity index (χ1n) is 3.28. The molecular formula is C6H16N2O. The minimum Gasteiger partial charge on any atom is -0.380 e. The van der Waals surface area contributed by atoms with E-state index in [0.29, 0.717) is 12.5 Å². The molecule has 0 heterocycles. The molecule has 0 unspecified atom stereocenters. The Kier molecular flexibility index (Phi) is 5.93. The van der Waals surface area contributed by atoms with E-state index in [4.69, 9.17) is 10.6 Å². The number of rotatable bonds is 5. The minimum atomic E-state index is 0.614. The van der Waals surface area contributed by atoms with E-state index in [9.17, 15) is 0 Å². The predicted octanol–water partition coefficient (Wildman–Crippen LogP) is 0.122. The fourth-order valence-electron chi connectivity index (χ4n) is 0.450. The van der Waals surface area contributed by atoms with E-state index in [1.807, 2.05) is 0 Å². The van der Waals surface area contributed by atoms with Crippen LogP contribution < -0.4 is 11.3 Å². The van der Waals surface area contributed by atoms with E-state index < -0.39 is 0 Å². The van der Waals surface area contributed by atoms with Gasteiger partial charge in [0.15, 0.2) is 0 Å². The summed E-state index contributed by atoms with van der Waals surface area (Å²) in [6.45, 7) is 6.49. The van der Waals surface area contributed by atoms with Gasteiger partial charge in [-0.05, 0) is 5.92 Å². The quantitative estimate of drug-likeness (QED) is 0.317. The molecule has 0 atom stereocenters. The van der Waals surface area contributed by atoms with Gasteiger partial charge in [0.05, 0.1) is 6.61 Å². The molecule has 0 aromatic heterocycles. The Bertz CT molecular complexity index is 57.0. The zero-order valence-corrected chi connectivity index (χ0v) is 6.18. The normalized spacial score (nSPS) is 10.7. The lowest BCUT2D eigenvalue weighted by Gasteiger charge is -2.04. The predicted molar refractivity (Wildman–Crippen MR) is 37.8 cm³/mol. The molecular weight excluding hydrogens is 116 g/mol. The Morgan fingerprint density at radius 3 is 2.67 bits per heavy atom. The molecule has 0 bridgehead atoms. The van der Waals surface area contributed by atoms with Crippen LogP contribution in [0.4, 0.5) is 0 Å². The van der Waals surface area contributed by atoms with Crippen LogP contribution in [-0.4, -0.2) is 19.8 Å². The summed E-state index contributed by atoms with van der Waals surface area (Å²) in [6.07, 6.45) is 0. The molecule has 0 aliphatic heterocycles. The standard InChI is InChI=1S/C6H16N2O/c1-6(2)5-9-4-3-8-7/h6,8H,3-5,7H2,1-2H3. The van der Waals surface area contributed by atoms with E-state index in [1.54, 1.807) is 0 Å². The molecule has 3 heteroatoms. The molecule has 0 radical (unpaired) electrons. The van der Waals surface area contributed by atoms with E-state index in [0.717, 1.165) is 13.2 Å². The molecule has 56 valence electrons. The molecule has 0 amide bonds. The van der Waals surface area contributed by atoms with Crippen molar-refractivity contribution in [2.75, 3.05) is 19.8 Å². The first kappa shape index (κ1) is 8.88. The van der Waals surface area contributed by atoms with Crippen molar-refractivity contribution >= 4 is 0 Å². The third-order valence-electron chi connectivity index (χ3n) is 0.842. The SMILES string of the molecule is CC(C)COCCNN. The van der Waals surface area contributed by atoms with Crippen molar-refractivity contribution in [1.82, 2.24) is 5.43 Å². The molecule has 0 rings (SSSR count). The zero-order valence-electron chi connectivity index (χ0n) is 6.18. The second-order valence-electron chi connectivity index (χ2n) is 2.42.